The van der Waals surface area contributed by atoms with E-state index in [-0.39, 0.29) is 6.09 Å². The fourth-order valence-corrected chi connectivity index (χ4v) is 1.41. The molecule has 0 saturated carbocycles. The normalized spacial score (nSPS) is 10.1. The topological polar surface area (TPSA) is 55.6 Å². The third-order valence-electron chi connectivity index (χ3n) is 2.57. The summed E-state index contributed by atoms with van der Waals surface area (Å²) in [6.07, 6.45) is 0.675. The molecular weight excluding hydrogens is 216 g/mol. The largest absolute Gasteiger partial charge is 0.445 e. The van der Waals surface area contributed by atoms with Crippen molar-refractivity contribution >= 4 is 6.09 Å². The number of likely N-dealkylation sites (N-methyl/N-ethyl adjacent to an activating group) is 1. The van der Waals surface area contributed by atoms with Gasteiger partial charge in [0.05, 0.1) is 0 Å². The number of hydrogen-bond acceptors (Lipinski definition) is 3. The Morgan fingerprint density at radius 3 is 2.41 bits per heavy atom. The molecule has 1 aromatic rings. The minimum absolute atomic E-state index is 0.303. The summed E-state index contributed by atoms with van der Waals surface area (Å²) in [5.41, 5.74) is 7.63. The van der Waals surface area contributed by atoms with Crippen molar-refractivity contribution in [2.75, 3.05) is 20.1 Å². The zero-order valence-corrected chi connectivity index (χ0v) is 10.5. The molecule has 0 unspecified atom stereocenters. The van der Waals surface area contributed by atoms with Crippen LogP contribution in [0.1, 0.15) is 18.1 Å². The van der Waals surface area contributed by atoms with Gasteiger partial charge in [0.25, 0.3) is 0 Å². The molecule has 0 atom stereocenters. The van der Waals surface area contributed by atoms with Gasteiger partial charge in [-0.1, -0.05) is 31.2 Å². The minimum atomic E-state index is -0.338. The molecule has 94 valence electrons. The van der Waals surface area contributed by atoms with Crippen molar-refractivity contribution in [3.8, 4) is 0 Å². The summed E-state index contributed by atoms with van der Waals surface area (Å²) in [6, 6.07) is 8.06. The second-order valence-corrected chi connectivity index (χ2v) is 3.93. The van der Waals surface area contributed by atoms with Crippen LogP contribution in [0.5, 0.6) is 0 Å². The van der Waals surface area contributed by atoms with E-state index in [4.69, 9.17) is 10.5 Å². The van der Waals surface area contributed by atoms with Crippen molar-refractivity contribution in [3.63, 3.8) is 0 Å². The van der Waals surface area contributed by atoms with Gasteiger partial charge in [-0.25, -0.2) is 4.79 Å². The number of amides is 1. The number of nitrogens with zero attached hydrogens (tertiary/aromatic N) is 1. The number of ether oxygens (including phenoxy) is 1. The smallest absolute Gasteiger partial charge is 0.409 e. The molecular formula is C13H20N2O2. The maximum absolute atomic E-state index is 11.5. The van der Waals surface area contributed by atoms with Gasteiger partial charge in [-0.05, 0) is 17.5 Å². The zero-order chi connectivity index (χ0) is 12.7. The molecule has 1 amide bonds. The van der Waals surface area contributed by atoms with Gasteiger partial charge in [0.1, 0.15) is 6.61 Å². The number of aryl methyl sites for hydroxylation is 1. The number of rotatable bonds is 5. The molecule has 0 aliphatic heterocycles. The van der Waals surface area contributed by atoms with Crippen LogP contribution >= 0.6 is 0 Å². The highest BCUT2D eigenvalue weighted by molar-refractivity contribution is 5.67. The van der Waals surface area contributed by atoms with Crippen molar-refractivity contribution in [3.05, 3.63) is 35.4 Å². The van der Waals surface area contributed by atoms with Gasteiger partial charge in [0.15, 0.2) is 0 Å². The molecule has 0 radical (unpaired) electrons. The summed E-state index contributed by atoms with van der Waals surface area (Å²) in [5, 5.41) is 0. The zero-order valence-electron chi connectivity index (χ0n) is 10.5. The number of nitrogens with two attached hydrogens (primary N) is 1. The fraction of sp³-hybridized carbons (Fsp3) is 0.462. The summed E-state index contributed by atoms with van der Waals surface area (Å²) in [6.45, 7) is 3.36. The lowest BCUT2D eigenvalue weighted by atomic mass is 10.1. The van der Waals surface area contributed by atoms with E-state index in [0.717, 1.165) is 12.0 Å². The van der Waals surface area contributed by atoms with Crippen LogP contribution in [0.3, 0.4) is 0 Å². The predicted molar refractivity (Wildman–Crippen MR) is 67.7 cm³/mol. The van der Waals surface area contributed by atoms with Gasteiger partial charge in [-0.3, -0.25) is 0 Å². The fourth-order valence-electron chi connectivity index (χ4n) is 1.41. The van der Waals surface area contributed by atoms with Gasteiger partial charge < -0.3 is 15.4 Å². The number of hydrogen-bond donors (Lipinski definition) is 1. The van der Waals surface area contributed by atoms with E-state index in [1.165, 1.54) is 10.5 Å². The molecule has 4 heteroatoms. The van der Waals surface area contributed by atoms with E-state index in [2.05, 4.69) is 6.92 Å². The van der Waals surface area contributed by atoms with E-state index in [9.17, 15) is 4.79 Å². The molecule has 0 spiro atoms. The van der Waals surface area contributed by atoms with Gasteiger partial charge in [-0.2, -0.15) is 0 Å². The van der Waals surface area contributed by atoms with E-state index < -0.39 is 0 Å². The Kier molecular flexibility index (Phi) is 5.49. The highest BCUT2D eigenvalue weighted by Gasteiger charge is 2.08. The second kappa shape index (κ2) is 6.91. The predicted octanol–water partition coefficient (Wildman–Crippen LogP) is 1.78. The van der Waals surface area contributed by atoms with Gasteiger partial charge in [0.2, 0.25) is 0 Å². The van der Waals surface area contributed by atoms with E-state index >= 15 is 0 Å². The Hall–Kier alpha value is -1.55. The molecule has 0 fully saturated rings. The number of carbonyl (C=O) groups is 1. The third kappa shape index (κ3) is 4.44. The van der Waals surface area contributed by atoms with Crippen LogP contribution in [0, 0.1) is 0 Å². The number of carbonyl (C=O) groups excluding carboxylic acids is 1. The molecule has 2 N–H and O–H groups in total. The van der Waals surface area contributed by atoms with Crippen molar-refractivity contribution in [2.45, 2.75) is 20.0 Å². The molecule has 0 saturated heterocycles. The van der Waals surface area contributed by atoms with Crippen LogP contribution in [-0.4, -0.2) is 31.1 Å². The average molecular weight is 236 g/mol. The van der Waals surface area contributed by atoms with Crippen LogP contribution in [-0.2, 0) is 17.8 Å². The summed E-state index contributed by atoms with van der Waals surface area (Å²) in [5.74, 6) is 0. The monoisotopic (exact) mass is 236 g/mol. The molecule has 0 heterocycles. The van der Waals surface area contributed by atoms with E-state index in [1.54, 1.807) is 7.05 Å². The molecule has 4 nitrogen and oxygen atoms in total. The minimum Gasteiger partial charge on any atom is -0.445 e. The summed E-state index contributed by atoms with van der Waals surface area (Å²) < 4.78 is 5.15. The van der Waals surface area contributed by atoms with Crippen molar-refractivity contribution in [1.82, 2.24) is 4.90 Å². The van der Waals surface area contributed by atoms with Gasteiger partial charge >= 0.3 is 6.09 Å². The molecule has 0 aromatic heterocycles. The van der Waals surface area contributed by atoms with Gasteiger partial charge in [-0.15, -0.1) is 0 Å². The van der Waals surface area contributed by atoms with Crippen LogP contribution < -0.4 is 5.73 Å². The summed E-state index contributed by atoms with van der Waals surface area (Å²) >= 11 is 0. The molecule has 0 aliphatic carbocycles. The lowest BCUT2D eigenvalue weighted by Gasteiger charge is -2.15. The Morgan fingerprint density at radius 1 is 1.29 bits per heavy atom. The second-order valence-electron chi connectivity index (χ2n) is 3.93. The molecule has 0 aliphatic rings. The standard InChI is InChI=1S/C13H20N2O2/c1-3-11-4-6-12(7-5-11)10-17-13(16)15(2)9-8-14/h4-7H,3,8-10,14H2,1-2H3. The van der Waals surface area contributed by atoms with Crippen LogP contribution in [0.4, 0.5) is 4.79 Å². The van der Waals surface area contributed by atoms with E-state index in [1.807, 2.05) is 24.3 Å². The first-order chi connectivity index (χ1) is 8.17. The van der Waals surface area contributed by atoms with Crippen LogP contribution in [0.15, 0.2) is 24.3 Å². The Balaban J connectivity index is 2.41. The lowest BCUT2D eigenvalue weighted by Crippen LogP contribution is -2.32. The lowest BCUT2D eigenvalue weighted by molar-refractivity contribution is 0.105. The number of benzene rings is 1. The first kappa shape index (κ1) is 13.5. The molecule has 1 aromatic carbocycles. The van der Waals surface area contributed by atoms with Crippen molar-refractivity contribution in [2.24, 2.45) is 5.73 Å². The molecule has 1 rings (SSSR count). The van der Waals surface area contributed by atoms with Crippen molar-refractivity contribution < 1.29 is 9.53 Å². The Labute approximate surface area is 102 Å². The Bertz CT molecular complexity index is 349. The molecule has 0 bridgehead atoms. The van der Waals surface area contributed by atoms with E-state index in [0.29, 0.717) is 19.7 Å². The quantitative estimate of drug-likeness (QED) is 0.847. The van der Waals surface area contributed by atoms with Crippen LogP contribution in [0.25, 0.3) is 0 Å². The first-order valence-corrected chi connectivity index (χ1v) is 5.83. The SMILES string of the molecule is CCc1ccc(COC(=O)N(C)CCN)cc1. The highest BCUT2D eigenvalue weighted by Crippen LogP contribution is 2.07. The summed E-state index contributed by atoms with van der Waals surface area (Å²) in [4.78, 5) is 13.0. The van der Waals surface area contributed by atoms with Gasteiger partial charge in [0, 0.05) is 20.1 Å². The first-order valence-electron chi connectivity index (χ1n) is 5.83. The maximum atomic E-state index is 11.5. The van der Waals surface area contributed by atoms with Crippen molar-refractivity contribution in [1.29, 1.82) is 0 Å². The molecule has 17 heavy (non-hydrogen) atoms. The summed E-state index contributed by atoms with van der Waals surface area (Å²) in [7, 11) is 1.68. The maximum Gasteiger partial charge on any atom is 0.409 e. The average Bonchev–Trinajstić information content (AvgIpc) is 2.36. The van der Waals surface area contributed by atoms with Crippen LogP contribution in [0.2, 0.25) is 0 Å². The third-order valence-corrected chi connectivity index (χ3v) is 2.57. The highest BCUT2D eigenvalue weighted by atomic mass is 16.6. The Morgan fingerprint density at radius 2 is 1.88 bits per heavy atom.